The molecule has 1 N–H and O–H groups in total. The fourth-order valence-corrected chi connectivity index (χ4v) is 9.01. The van der Waals surface area contributed by atoms with Crippen molar-refractivity contribution in [2.75, 3.05) is 50.8 Å². The lowest BCUT2D eigenvalue weighted by atomic mass is 9.65. The third-order valence-electron chi connectivity index (χ3n) is 11.6. The largest absolute Gasteiger partial charge is 0.352 e. The maximum absolute atomic E-state index is 14.3. The quantitative estimate of drug-likeness (QED) is 0.539. The van der Waals surface area contributed by atoms with Gasteiger partial charge in [0.1, 0.15) is 17.3 Å². The highest BCUT2D eigenvalue weighted by Crippen LogP contribution is 2.45. The molecule has 8 rings (SSSR count). The number of piperidine rings is 3. The van der Waals surface area contributed by atoms with Gasteiger partial charge in [-0.2, -0.15) is 5.10 Å². The molecule has 2 aliphatic carbocycles. The SMILES string of the molecule is O=C1C[C@H]2C[C@@H]1CN2C1=NC2=CCN(c3cn(C4CCN(CC5CCC6(CCNCC6)CC5)CC4)nc3C(F)F)N2C=C1. The second-order valence-corrected chi connectivity index (χ2v) is 14.1. The van der Waals surface area contributed by atoms with Crippen LogP contribution in [0, 0.1) is 17.3 Å². The van der Waals surface area contributed by atoms with Crippen molar-refractivity contribution < 1.29 is 13.6 Å². The van der Waals surface area contributed by atoms with Gasteiger partial charge in [0.05, 0.1) is 18.8 Å². The molecule has 0 amide bonds. The number of carbonyl (C=O) groups excluding carboxylic acids is 1. The molecule has 1 spiro atoms. The van der Waals surface area contributed by atoms with Crippen molar-refractivity contribution in [1.82, 2.24) is 29.9 Å². The predicted octanol–water partition coefficient (Wildman–Crippen LogP) is 4.49. The number of aromatic nitrogens is 2. The van der Waals surface area contributed by atoms with E-state index in [1.54, 1.807) is 0 Å². The minimum atomic E-state index is -2.65. The monoisotopic (exact) mass is 594 g/mol. The molecule has 232 valence electrons. The number of hydrogen-bond acceptors (Lipinski definition) is 8. The number of likely N-dealkylation sites (tertiary alicyclic amines) is 2. The van der Waals surface area contributed by atoms with Crippen molar-refractivity contribution in [3.8, 4) is 0 Å². The normalized spacial score (nSPS) is 29.7. The third-order valence-corrected chi connectivity index (χ3v) is 11.6. The van der Waals surface area contributed by atoms with Crippen molar-refractivity contribution in [2.45, 2.75) is 82.7 Å². The third kappa shape index (κ3) is 5.10. The summed E-state index contributed by atoms with van der Waals surface area (Å²) in [7, 11) is 0. The predicted molar refractivity (Wildman–Crippen MR) is 160 cm³/mol. The number of Topliss-reactive ketones (excluding diaryl/α,β-unsaturated/α-hetero) is 1. The molecule has 5 aliphatic heterocycles. The minimum absolute atomic E-state index is 0.124. The summed E-state index contributed by atoms with van der Waals surface area (Å²) in [6.07, 6.45) is 16.6. The van der Waals surface area contributed by atoms with Crippen LogP contribution in [0.5, 0.6) is 0 Å². The van der Waals surface area contributed by atoms with Gasteiger partial charge in [0.25, 0.3) is 6.43 Å². The summed E-state index contributed by atoms with van der Waals surface area (Å²) in [6.45, 7) is 6.73. The first-order valence-electron chi connectivity index (χ1n) is 16.6. The van der Waals surface area contributed by atoms with Crippen LogP contribution in [0.15, 0.2) is 35.4 Å². The van der Waals surface area contributed by atoms with E-state index in [1.165, 1.54) is 58.2 Å². The van der Waals surface area contributed by atoms with Gasteiger partial charge in [-0.05, 0) is 94.4 Å². The average molecular weight is 595 g/mol. The summed E-state index contributed by atoms with van der Waals surface area (Å²) >= 11 is 0. The topological polar surface area (TPSA) is 72.2 Å². The molecule has 43 heavy (non-hydrogen) atoms. The highest BCUT2D eigenvalue weighted by Gasteiger charge is 2.45. The lowest BCUT2D eigenvalue weighted by Crippen LogP contribution is -2.42. The molecular formula is C32H44F2N8O. The molecule has 2 atom stereocenters. The molecule has 2 saturated carbocycles. The van der Waals surface area contributed by atoms with Crippen LogP contribution in [-0.2, 0) is 4.79 Å². The standard InChI is InChI=1S/C32H44F2N8O/c33-31(34)30-26(41-15-6-29-36-28(5-16-42(29)41)39-20-23-17-25(39)18-27(23)43)21-40(37-30)24-3-13-38(14-4-24)19-22-1-7-32(8-2-22)9-11-35-12-10-32/h5-6,16,21-25,31,35H,1-4,7-15,17-20H2/t23-,25-/m1/s1. The van der Waals surface area contributed by atoms with E-state index in [0.717, 1.165) is 56.5 Å². The average Bonchev–Trinajstić information content (AvgIpc) is 3.81. The van der Waals surface area contributed by atoms with E-state index in [1.807, 2.05) is 39.2 Å². The Morgan fingerprint density at radius 3 is 2.53 bits per heavy atom. The molecule has 1 aromatic heterocycles. The number of fused-ring (bicyclic) bond motifs is 3. The number of anilines is 1. The molecule has 7 aliphatic rings. The van der Waals surface area contributed by atoms with E-state index in [9.17, 15) is 13.6 Å². The highest BCUT2D eigenvalue weighted by atomic mass is 19.3. The Morgan fingerprint density at radius 2 is 1.84 bits per heavy atom. The summed E-state index contributed by atoms with van der Waals surface area (Å²) in [4.78, 5) is 21.7. The molecular weight excluding hydrogens is 550 g/mol. The molecule has 5 fully saturated rings. The van der Waals surface area contributed by atoms with Crippen LogP contribution >= 0.6 is 0 Å². The first kappa shape index (κ1) is 27.7. The number of halogens is 2. The molecule has 0 aromatic carbocycles. The van der Waals surface area contributed by atoms with Crippen LogP contribution in [-0.4, -0.2) is 88.1 Å². The number of rotatable bonds is 5. The molecule has 11 heteroatoms. The summed E-state index contributed by atoms with van der Waals surface area (Å²) in [5.41, 5.74) is 0.894. The number of nitrogens with zero attached hydrogens (tertiary/aromatic N) is 7. The van der Waals surface area contributed by atoms with Gasteiger partial charge in [0.15, 0.2) is 11.5 Å². The van der Waals surface area contributed by atoms with Gasteiger partial charge in [0, 0.05) is 50.8 Å². The van der Waals surface area contributed by atoms with E-state index in [4.69, 9.17) is 4.99 Å². The van der Waals surface area contributed by atoms with Gasteiger partial charge >= 0.3 is 0 Å². The van der Waals surface area contributed by atoms with Crippen LogP contribution < -0.4 is 10.3 Å². The molecule has 6 heterocycles. The molecule has 1 aromatic rings. The van der Waals surface area contributed by atoms with E-state index in [2.05, 4.69) is 20.2 Å². The second-order valence-electron chi connectivity index (χ2n) is 14.1. The maximum Gasteiger partial charge on any atom is 0.284 e. The minimum Gasteiger partial charge on any atom is -0.352 e. The highest BCUT2D eigenvalue weighted by molar-refractivity contribution is 5.97. The number of aliphatic imine (C=N–C) groups is 1. The summed E-state index contributed by atoms with van der Waals surface area (Å²) in [6, 6.07) is 0.367. The Labute approximate surface area is 252 Å². The van der Waals surface area contributed by atoms with Crippen molar-refractivity contribution in [2.24, 2.45) is 22.2 Å². The van der Waals surface area contributed by atoms with Crippen LogP contribution in [0.4, 0.5) is 14.5 Å². The number of alkyl halides is 2. The number of amidine groups is 1. The van der Waals surface area contributed by atoms with E-state index in [-0.39, 0.29) is 23.7 Å². The van der Waals surface area contributed by atoms with E-state index in [0.29, 0.717) is 29.9 Å². The summed E-state index contributed by atoms with van der Waals surface area (Å²) in [5, 5.41) is 11.7. The number of carbonyl (C=O) groups is 1. The Bertz CT molecular complexity index is 1310. The molecule has 9 nitrogen and oxygen atoms in total. The number of ketones is 1. The smallest absolute Gasteiger partial charge is 0.284 e. The van der Waals surface area contributed by atoms with Crippen LogP contribution in [0.2, 0.25) is 0 Å². The van der Waals surface area contributed by atoms with Crippen LogP contribution in [0.1, 0.15) is 82.4 Å². The summed E-state index contributed by atoms with van der Waals surface area (Å²) < 4.78 is 30.4. The van der Waals surface area contributed by atoms with E-state index < -0.39 is 6.43 Å². The van der Waals surface area contributed by atoms with Crippen molar-refractivity contribution in [1.29, 1.82) is 0 Å². The van der Waals surface area contributed by atoms with Gasteiger partial charge < -0.3 is 15.1 Å². The molecule has 3 saturated heterocycles. The number of hydrazine groups is 1. The maximum atomic E-state index is 14.3. The Morgan fingerprint density at radius 1 is 1.05 bits per heavy atom. The van der Waals surface area contributed by atoms with Gasteiger partial charge in [-0.25, -0.2) is 18.8 Å². The van der Waals surface area contributed by atoms with E-state index >= 15 is 0 Å². The zero-order chi connectivity index (χ0) is 29.1. The first-order chi connectivity index (χ1) is 20.9. The molecule has 2 bridgehead atoms. The zero-order valence-electron chi connectivity index (χ0n) is 25.0. The Balaban J connectivity index is 0.888. The Hall–Kier alpha value is -2.79. The van der Waals surface area contributed by atoms with Gasteiger partial charge in [-0.15, -0.1) is 0 Å². The lowest BCUT2D eigenvalue weighted by Gasteiger charge is -2.44. The number of nitrogens with one attached hydrogen (secondary N) is 1. The van der Waals surface area contributed by atoms with Crippen molar-refractivity contribution in [3.63, 3.8) is 0 Å². The fourth-order valence-electron chi connectivity index (χ4n) is 9.01. The first-order valence-corrected chi connectivity index (χ1v) is 16.6. The van der Waals surface area contributed by atoms with Crippen molar-refractivity contribution in [3.05, 3.63) is 36.1 Å². The molecule has 0 radical (unpaired) electrons. The lowest BCUT2D eigenvalue weighted by molar-refractivity contribution is -0.122. The van der Waals surface area contributed by atoms with Gasteiger partial charge in [-0.3, -0.25) is 14.5 Å². The molecule has 0 unspecified atom stereocenters. The van der Waals surface area contributed by atoms with Gasteiger partial charge in [0.2, 0.25) is 0 Å². The summed E-state index contributed by atoms with van der Waals surface area (Å²) in [5.74, 6) is 2.88. The zero-order valence-corrected chi connectivity index (χ0v) is 25.0. The second kappa shape index (κ2) is 11.0. The van der Waals surface area contributed by atoms with Gasteiger partial charge in [-0.1, -0.05) is 0 Å². The Kier molecular flexibility index (Phi) is 7.08. The van der Waals surface area contributed by atoms with Crippen LogP contribution in [0.3, 0.4) is 0 Å². The fraction of sp³-hybridized carbons (Fsp3) is 0.719. The van der Waals surface area contributed by atoms with Crippen molar-refractivity contribution >= 4 is 17.3 Å². The number of hydrogen-bond donors (Lipinski definition) is 1. The van der Waals surface area contributed by atoms with Crippen LogP contribution in [0.25, 0.3) is 0 Å².